The summed E-state index contributed by atoms with van der Waals surface area (Å²) in [7, 11) is 0. The Morgan fingerprint density at radius 2 is 1.71 bits per heavy atom. The third-order valence-corrected chi connectivity index (χ3v) is 2.58. The van der Waals surface area contributed by atoms with Crippen molar-refractivity contribution in [3.05, 3.63) is 34.9 Å². The summed E-state index contributed by atoms with van der Waals surface area (Å²) in [6, 6.07) is 4.01. The van der Waals surface area contributed by atoms with E-state index in [-0.39, 0.29) is 11.1 Å². The van der Waals surface area contributed by atoms with E-state index in [1.54, 1.807) is 6.92 Å². The molecule has 0 aromatic heterocycles. The van der Waals surface area contributed by atoms with Crippen LogP contribution in [0.15, 0.2) is 18.2 Å². The lowest BCUT2D eigenvalue weighted by Crippen LogP contribution is -2.03. The van der Waals surface area contributed by atoms with Crippen molar-refractivity contribution in [2.24, 2.45) is 5.92 Å². The van der Waals surface area contributed by atoms with E-state index < -0.39 is 11.9 Å². The van der Waals surface area contributed by atoms with Crippen molar-refractivity contribution < 1.29 is 19.8 Å². The topological polar surface area (TPSA) is 74.6 Å². The Bertz CT molecular complexity index is 433. The van der Waals surface area contributed by atoms with Crippen molar-refractivity contribution in [2.45, 2.75) is 26.7 Å². The number of aryl methyl sites for hydroxylation is 1. The van der Waals surface area contributed by atoms with Gasteiger partial charge in [0.05, 0.1) is 11.1 Å². The highest BCUT2D eigenvalue weighted by Gasteiger charge is 2.12. The predicted octanol–water partition coefficient (Wildman–Crippen LogP) is 2.81. The summed E-state index contributed by atoms with van der Waals surface area (Å²) in [5.74, 6) is -1.15. The van der Waals surface area contributed by atoms with E-state index in [1.807, 2.05) is 0 Å². The summed E-state index contributed by atoms with van der Waals surface area (Å²) in [4.78, 5) is 21.1. The number of hydrogen-bond donors (Lipinski definition) is 2. The fourth-order valence-electron chi connectivity index (χ4n) is 1.15. The lowest BCUT2D eigenvalue weighted by atomic mass is 10.1. The first-order valence-corrected chi connectivity index (χ1v) is 5.49. The summed E-state index contributed by atoms with van der Waals surface area (Å²) in [6.45, 7) is 3.90. The van der Waals surface area contributed by atoms with Crippen LogP contribution >= 0.6 is 0 Å². The third-order valence-electron chi connectivity index (χ3n) is 2.58. The minimum absolute atomic E-state index is 0.0111. The Hall–Kier alpha value is -1.84. The molecule has 0 radical (unpaired) electrons. The number of hydrogen-bond acceptors (Lipinski definition) is 2. The monoisotopic (exact) mass is 236 g/mol. The minimum Gasteiger partial charge on any atom is -0.478 e. The van der Waals surface area contributed by atoms with Crippen LogP contribution in [0, 0.1) is 12.8 Å². The van der Waals surface area contributed by atoms with Crippen LogP contribution in [0.25, 0.3) is 0 Å². The molecule has 0 atom stereocenters. The van der Waals surface area contributed by atoms with Crippen LogP contribution in [0.4, 0.5) is 0 Å². The number of carboxylic acids is 2. The molecule has 0 unspecified atom stereocenters. The first-order valence-electron chi connectivity index (χ1n) is 5.49. The van der Waals surface area contributed by atoms with Gasteiger partial charge in [-0.1, -0.05) is 25.8 Å². The molecule has 1 aliphatic rings. The number of aromatic carboxylic acids is 2. The number of benzene rings is 1. The summed E-state index contributed by atoms with van der Waals surface area (Å²) in [5.41, 5.74) is 0.570. The third kappa shape index (κ3) is 4.26. The molecule has 1 aromatic carbocycles. The molecule has 1 aliphatic carbocycles. The molecular weight excluding hydrogens is 220 g/mol. The van der Waals surface area contributed by atoms with Gasteiger partial charge >= 0.3 is 11.9 Å². The first-order chi connectivity index (χ1) is 7.91. The van der Waals surface area contributed by atoms with Crippen LogP contribution in [0.5, 0.6) is 0 Å². The largest absolute Gasteiger partial charge is 0.478 e. The average Bonchev–Trinajstić information content (AvgIpc) is 3.01. The summed E-state index contributed by atoms with van der Waals surface area (Å²) >= 11 is 0. The molecule has 0 saturated heterocycles. The highest BCUT2D eigenvalue weighted by Crippen LogP contribution is 2.26. The SMILES string of the molecule is CC1CC1.Cc1ccc(C(=O)O)cc1C(=O)O. The van der Waals surface area contributed by atoms with E-state index in [2.05, 4.69) is 6.92 Å². The van der Waals surface area contributed by atoms with Crippen molar-refractivity contribution in [1.29, 1.82) is 0 Å². The van der Waals surface area contributed by atoms with E-state index in [1.165, 1.54) is 25.0 Å². The lowest BCUT2D eigenvalue weighted by Gasteiger charge is -2.01. The summed E-state index contributed by atoms with van der Waals surface area (Å²) in [5, 5.41) is 17.3. The molecule has 4 nitrogen and oxygen atoms in total. The quantitative estimate of drug-likeness (QED) is 0.828. The second kappa shape index (κ2) is 5.48. The molecule has 92 valence electrons. The van der Waals surface area contributed by atoms with E-state index in [0.29, 0.717) is 5.56 Å². The highest BCUT2D eigenvalue weighted by atomic mass is 16.4. The van der Waals surface area contributed by atoms with Gasteiger partial charge in [0.25, 0.3) is 0 Å². The zero-order valence-corrected chi connectivity index (χ0v) is 9.93. The Balaban J connectivity index is 0.000000302. The van der Waals surface area contributed by atoms with Gasteiger partial charge < -0.3 is 10.2 Å². The Morgan fingerprint density at radius 3 is 2.06 bits per heavy atom. The van der Waals surface area contributed by atoms with E-state index in [4.69, 9.17) is 10.2 Å². The van der Waals surface area contributed by atoms with Crippen LogP contribution in [-0.2, 0) is 0 Å². The maximum Gasteiger partial charge on any atom is 0.335 e. The van der Waals surface area contributed by atoms with Crippen LogP contribution in [0.1, 0.15) is 46.0 Å². The number of rotatable bonds is 2. The van der Waals surface area contributed by atoms with E-state index in [9.17, 15) is 9.59 Å². The molecule has 2 N–H and O–H groups in total. The smallest absolute Gasteiger partial charge is 0.335 e. The molecule has 0 spiro atoms. The molecule has 2 rings (SSSR count). The molecule has 0 amide bonds. The van der Waals surface area contributed by atoms with Gasteiger partial charge in [-0.3, -0.25) is 0 Å². The van der Waals surface area contributed by atoms with Crippen molar-refractivity contribution >= 4 is 11.9 Å². The molecule has 1 fully saturated rings. The van der Waals surface area contributed by atoms with Gasteiger partial charge in [0.1, 0.15) is 0 Å². The van der Waals surface area contributed by atoms with Gasteiger partial charge in [0, 0.05) is 0 Å². The maximum absolute atomic E-state index is 10.6. The van der Waals surface area contributed by atoms with Gasteiger partial charge in [0.15, 0.2) is 0 Å². The summed E-state index contributed by atoms with van der Waals surface area (Å²) in [6.07, 6.45) is 2.97. The molecule has 1 saturated carbocycles. The predicted molar refractivity (Wildman–Crippen MR) is 63.5 cm³/mol. The van der Waals surface area contributed by atoms with Crippen LogP contribution < -0.4 is 0 Å². The fourth-order valence-corrected chi connectivity index (χ4v) is 1.15. The molecule has 1 aromatic rings. The summed E-state index contributed by atoms with van der Waals surface area (Å²) < 4.78 is 0. The van der Waals surface area contributed by atoms with Gasteiger partial charge in [-0.2, -0.15) is 0 Å². The standard InChI is InChI=1S/C9H8O4.C4H8/c1-5-2-3-6(8(10)11)4-7(5)9(12)13;1-4-2-3-4/h2-4H,1H3,(H,10,11)(H,12,13);4H,2-3H2,1H3. The van der Waals surface area contributed by atoms with Gasteiger partial charge in [0.2, 0.25) is 0 Å². The van der Waals surface area contributed by atoms with Crippen molar-refractivity contribution in [2.75, 3.05) is 0 Å². The second-order valence-electron chi connectivity index (χ2n) is 4.32. The number of carbonyl (C=O) groups is 2. The maximum atomic E-state index is 10.6. The zero-order valence-electron chi connectivity index (χ0n) is 9.93. The molecule has 17 heavy (non-hydrogen) atoms. The molecule has 0 aliphatic heterocycles. The van der Waals surface area contributed by atoms with Gasteiger partial charge in [-0.05, 0) is 30.5 Å². The minimum atomic E-state index is -1.12. The van der Waals surface area contributed by atoms with Gasteiger partial charge in [-0.25, -0.2) is 9.59 Å². The molecule has 0 heterocycles. The van der Waals surface area contributed by atoms with Crippen LogP contribution in [0.3, 0.4) is 0 Å². The van der Waals surface area contributed by atoms with E-state index >= 15 is 0 Å². The van der Waals surface area contributed by atoms with Crippen molar-refractivity contribution in [3.8, 4) is 0 Å². The fraction of sp³-hybridized carbons (Fsp3) is 0.385. The number of carboxylic acid groups (broad SMARTS) is 2. The Morgan fingerprint density at radius 1 is 1.18 bits per heavy atom. The average molecular weight is 236 g/mol. The highest BCUT2D eigenvalue weighted by molar-refractivity contribution is 5.94. The molecule has 4 heteroatoms. The Kier molecular flexibility index (Phi) is 4.26. The lowest BCUT2D eigenvalue weighted by molar-refractivity contribution is 0.0695. The zero-order chi connectivity index (χ0) is 13.0. The van der Waals surface area contributed by atoms with Gasteiger partial charge in [-0.15, -0.1) is 0 Å². The molecular formula is C13H16O4. The second-order valence-corrected chi connectivity index (χ2v) is 4.32. The first kappa shape index (κ1) is 13.2. The van der Waals surface area contributed by atoms with Crippen LogP contribution in [0.2, 0.25) is 0 Å². The normalized spacial score (nSPS) is 13.5. The van der Waals surface area contributed by atoms with E-state index in [0.717, 1.165) is 12.0 Å². The molecule has 0 bridgehead atoms. The Labute approximate surface area is 99.9 Å². The van der Waals surface area contributed by atoms with Crippen molar-refractivity contribution in [3.63, 3.8) is 0 Å². The van der Waals surface area contributed by atoms with Crippen molar-refractivity contribution in [1.82, 2.24) is 0 Å². The van der Waals surface area contributed by atoms with Crippen LogP contribution in [-0.4, -0.2) is 22.2 Å².